The van der Waals surface area contributed by atoms with Crippen LogP contribution >= 0.6 is 0 Å². The second-order valence-electron chi connectivity index (χ2n) is 6.21. The molecule has 1 atom stereocenters. The topological polar surface area (TPSA) is 59.0 Å². The lowest BCUT2D eigenvalue weighted by Gasteiger charge is -2.16. The summed E-state index contributed by atoms with van der Waals surface area (Å²) in [6, 6.07) is 11.6. The fourth-order valence-electron chi connectivity index (χ4n) is 3.19. The first-order valence-corrected chi connectivity index (χ1v) is 8.14. The summed E-state index contributed by atoms with van der Waals surface area (Å²) in [5, 5.41) is 0.987. The molecular weight excluding hydrogens is 300 g/mol. The maximum atomic E-state index is 12.8. The number of amides is 1. The van der Waals surface area contributed by atoms with Crippen molar-refractivity contribution in [1.29, 1.82) is 0 Å². The summed E-state index contributed by atoms with van der Waals surface area (Å²) in [5.74, 6) is 1.08. The minimum Gasteiger partial charge on any atom is -0.338 e. The summed E-state index contributed by atoms with van der Waals surface area (Å²) in [4.78, 5) is 27.9. The van der Waals surface area contributed by atoms with Crippen LogP contribution in [0.1, 0.15) is 34.2 Å². The molecule has 5 nitrogen and oxygen atoms in total. The molecule has 0 saturated carbocycles. The highest BCUT2D eigenvalue weighted by molar-refractivity contribution is 5.97. The Hall–Kier alpha value is -2.82. The molecule has 3 heterocycles. The van der Waals surface area contributed by atoms with Crippen LogP contribution in [-0.4, -0.2) is 38.8 Å². The van der Waals surface area contributed by atoms with Crippen molar-refractivity contribution in [3.63, 3.8) is 0 Å². The molecule has 0 bridgehead atoms. The maximum Gasteiger partial charge on any atom is 0.255 e. The zero-order chi connectivity index (χ0) is 16.5. The van der Waals surface area contributed by atoms with Gasteiger partial charge in [0.2, 0.25) is 0 Å². The van der Waals surface area contributed by atoms with E-state index in [0.29, 0.717) is 12.1 Å². The second-order valence-corrected chi connectivity index (χ2v) is 6.21. The summed E-state index contributed by atoms with van der Waals surface area (Å²) in [6.45, 7) is 3.35. The first kappa shape index (κ1) is 14.8. The van der Waals surface area contributed by atoms with Gasteiger partial charge in [-0.25, -0.2) is 9.97 Å². The molecule has 1 aliphatic rings. The highest BCUT2D eigenvalue weighted by atomic mass is 16.2. The normalized spacial score (nSPS) is 17.4. The van der Waals surface area contributed by atoms with Crippen LogP contribution < -0.4 is 0 Å². The molecule has 5 heteroatoms. The number of fused-ring (bicyclic) bond motifs is 1. The average Bonchev–Trinajstić information content (AvgIpc) is 3.11. The van der Waals surface area contributed by atoms with Gasteiger partial charge in [-0.05, 0) is 31.5 Å². The summed E-state index contributed by atoms with van der Waals surface area (Å²) in [5.41, 5.74) is 2.50. The van der Waals surface area contributed by atoms with Crippen molar-refractivity contribution < 1.29 is 4.79 Å². The van der Waals surface area contributed by atoms with Crippen LogP contribution in [-0.2, 0) is 0 Å². The molecule has 1 fully saturated rings. The predicted octanol–water partition coefficient (Wildman–Crippen LogP) is 2.96. The number of carbonyl (C=O) groups is 1. The Morgan fingerprint density at radius 1 is 1.21 bits per heavy atom. The lowest BCUT2D eigenvalue weighted by molar-refractivity contribution is 0.0790. The van der Waals surface area contributed by atoms with E-state index in [-0.39, 0.29) is 11.8 Å². The fraction of sp³-hybridized carbons (Fsp3) is 0.263. The van der Waals surface area contributed by atoms with Crippen LogP contribution in [0, 0.1) is 6.92 Å². The third-order valence-corrected chi connectivity index (χ3v) is 4.49. The zero-order valence-electron chi connectivity index (χ0n) is 13.5. The minimum absolute atomic E-state index is 0.0309. The van der Waals surface area contributed by atoms with Crippen LogP contribution in [0.15, 0.2) is 48.8 Å². The van der Waals surface area contributed by atoms with E-state index in [9.17, 15) is 4.79 Å². The molecule has 1 amide bonds. The van der Waals surface area contributed by atoms with E-state index in [0.717, 1.165) is 35.4 Å². The van der Waals surface area contributed by atoms with E-state index in [4.69, 9.17) is 0 Å². The quantitative estimate of drug-likeness (QED) is 0.729. The molecule has 24 heavy (non-hydrogen) atoms. The number of nitrogens with zero attached hydrogens (tertiary/aromatic N) is 4. The van der Waals surface area contributed by atoms with Gasteiger partial charge in [-0.3, -0.25) is 9.78 Å². The Balaban J connectivity index is 1.54. The molecule has 0 N–H and O–H groups in total. The first-order valence-electron chi connectivity index (χ1n) is 8.14. The smallest absolute Gasteiger partial charge is 0.255 e. The number of hydrogen-bond donors (Lipinski definition) is 0. The summed E-state index contributed by atoms with van der Waals surface area (Å²) < 4.78 is 0. The number of carbonyl (C=O) groups excluding carboxylic acids is 1. The van der Waals surface area contributed by atoms with Crippen LogP contribution in [0.5, 0.6) is 0 Å². The first-order chi connectivity index (χ1) is 11.7. The van der Waals surface area contributed by atoms with Crippen molar-refractivity contribution in [3.8, 4) is 0 Å². The number of para-hydroxylation sites is 1. The van der Waals surface area contributed by atoms with Gasteiger partial charge in [0.15, 0.2) is 0 Å². The molecule has 0 spiro atoms. The second kappa shape index (κ2) is 6.00. The van der Waals surface area contributed by atoms with Gasteiger partial charge >= 0.3 is 0 Å². The largest absolute Gasteiger partial charge is 0.338 e. The number of pyridine rings is 1. The highest BCUT2D eigenvalue weighted by Gasteiger charge is 2.29. The van der Waals surface area contributed by atoms with E-state index in [1.807, 2.05) is 48.2 Å². The number of likely N-dealkylation sites (tertiary alicyclic amines) is 1. The van der Waals surface area contributed by atoms with Crippen LogP contribution in [0.4, 0.5) is 0 Å². The molecule has 1 aliphatic heterocycles. The molecule has 1 unspecified atom stereocenters. The van der Waals surface area contributed by atoms with Gasteiger partial charge in [-0.15, -0.1) is 0 Å². The summed E-state index contributed by atoms with van der Waals surface area (Å²) >= 11 is 0. The van der Waals surface area contributed by atoms with Crippen molar-refractivity contribution in [2.45, 2.75) is 19.3 Å². The Morgan fingerprint density at radius 2 is 2.08 bits per heavy atom. The number of benzene rings is 1. The third kappa shape index (κ3) is 2.73. The summed E-state index contributed by atoms with van der Waals surface area (Å²) in [7, 11) is 0. The molecule has 3 aromatic rings. The van der Waals surface area contributed by atoms with E-state index in [2.05, 4.69) is 15.0 Å². The fourth-order valence-corrected chi connectivity index (χ4v) is 3.19. The van der Waals surface area contributed by atoms with Gasteiger partial charge in [0.1, 0.15) is 5.82 Å². The lowest BCUT2D eigenvalue weighted by Crippen LogP contribution is -2.28. The zero-order valence-corrected chi connectivity index (χ0v) is 13.5. The highest BCUT2D eigenvalue weighted by Crippen LogP contribution is 2.26. The minimum atomic E-state index is 0.0309. The van der Waals surface area contributed by atoms with Crippen molar-refractivity contribution in [1.82, 2.24) is 19.9 Å². The van der Waals surface area contributed by atoms with E-state index in [1.54, 1.807) is 12.4 Å². The standard InChI is InChI=1S/C19H18N4O/c1-13-6-8-20-18(22-13)15-7-9-23(12-15)19(24)16-10-14-4-2-3-5-17(14)21-11-16/h2-6,8,10-11,15H,7,9,12H2,1H3. The molecule has 4 rings (SSSR count). The van der Waals surface area contributed by atoms with Crippen LogP contribution in [0.2, 0.25) is 0 Å². The van der Waals surface area contributed by atoms with Crippen molar-refractivity contribution >= 4 is 16.8 Å². The Bertz CT molecular complexity index is 909. The lowest BCUT2D eigenvalue weighted by atomic mass is 10.1. The van der Waals surface area contributed by atoms with Gasteiger partial charge in [-0.2, -0.15) is 0 Å². The van der Waals surface area contributed by atoms with Gasteiger partial charge in [0.25, 0.3) is 5.91 Å². The van der Waals surface area contributed by atoms with Gasteiger partial charge in [-0.1, -0.05) is 18.2 Å². The monoisotopic (exact) mass is 318 g/mol. The number of aromatic nitrogens is 3. The Morgan fingerprint density at radius 3 is 2.96 bits per heavy atom. The molecule has 2 aromatic heterocycles. The number of aryl methyl sites for hydroxylation is 1. The molecule has 120 valence electrons. The SMILES string of the molecule is Cc1ccnc(C2CCN(C(=O)c3cnc4ccccc4c3)C2)n1. The van der Waals surface area contributed by atoms with Crippen LogP contribution in [0.25, 0.3) is 10.9 Å². The van der Waals surface area contributed by atoms with E-state index < -0.39 is 0 Å². The van der Waals surface area contributed by atoms with Gasteiger partial charge in [0, 0.05) is 42.5 Å². The number of rotatable bonds is 2. The maximum absolute atomic E-state index is 12.8. The number of hydrogen-bond acceptors (Lipinski definition) is 4. The molecular formula is C19H18N4O. The Kier molecular flexibility index (Phi) is 3.69. The average molecular weight is 318 g/mol. The van der Waals surface area contributed by atoms with E-state index >= 15 is 0 Å². The van der Waals surface area contributed by atoms with E-state index in [1.165, 1.54) is 0 Å². The summed E-state index contributed by atoms with van der Waals surface area (Å²) in [6.07, 6.45) is 4.35. The molecule has 0 aliphatic carbocycles. The van der Waals surface area contributed by atoms with Crippen LogP contribution in [0.3, 0.4) is 0 Å². The predicted molar refractivity (Wildman–Crippen MR) is 91.8 cm³/mol. The molecule has 0 radical (unpaired) electrons. The van der Waals surface area contributed by atoms with Gasteiger partial charge < -0.3 is 4.90 Å². The Labute approximate surface area is 140 Å². The van der Waals surface area contributed by atoms with Crippen molar-refractivity contribution in [2.75, 3.05) is 13.1 Å². The molecule has 1 aromatic carbocycles. The van der Waals surface area contributed by atoms with Gasteiger partial charge in [0.05, 0.1) is 11.1 Å². The molecule has 1 saturated heterocycles. The van der Waals surface area contributed by atoms with Crippen molar-refractivity contribution in [3.05, 3.63) is 65.9 Å². The van der Waals surface area contributed by atoms with Crippen molar-refractivity contribution in [2.24, 2.45) is 0 Å². The third-order valence-electron chi connectivity index (χ3n) is 4.49.